The normalized spacial score (nSPS) is 13.3. The Labute approximate surface area is 140 Å². The first kappa shape index (κ1) is 16.1. The van der Waals surface area contributed by atoms with Crippen LogP contribution in [0, 0.1) is 0 Å². The molecular weight excluding hydrogens is 334 g/mol. The molecule has 1 N–H and O–H groups in total. The molecule has 23 heavy (non-hydrogen) atoms. The largest absolute Gasteiger partial charge is 0.461 e. The Kier molecular flexibility index (Phi) is 4.43. The lowest BCUT2D eigenvalue weighted by atomic mass is 10.2. The molecule has 0 radical (unpaired) electrons. The van der Waals surface area contributed by atoms with Crippen LogP contribution in [0.5, 0.6) is 0 Å². The smallest absolute Gasteiger partial charge is 0.242 e. The summed E-state index contributed by atoms with van der Waals surface area (Å²) < 4.78 is 33.2. The predicted molar refractivity (Wildman–Crippen MR) is 91.2 cm³/mol. The molecule has 2 aromatic carbocycles. The highest BCUT2D eigenvalue weighted by Gasteiger charge is 2.20. The second kappa shape index (κ2) is 6.35. The maximum Gasteiger partial charge on any atom is 0.242 e. The zero-order valence-electron chi connectivity index (χ0n) is 12.5. The predicted octanol–water partition coefficient (Wildman–Crippen LogP) is 4.00. The molecule has 0 unspecified atom stereocenters. The molecule has 0 aliphatic carbocycles. The lowest BCUT2D eigenvalue weighted by molar-refractivity contribution is 0.504. The quantitative estimate of drug-likeness (QED) is 0.757. The SMILES string of the molecule is C[C@@H](Cc1cc2ccccc2o1)NS(=O)(=O)c1ccccc1Cl. The fourth-order valence-electron chi connectivity index (χ4n) is 2.47. The number of halogens is 1. The van der Waals surface area contributed by atoms with Gasteiger partial charge in [-0.3, -0.25) is 0 Å². The molecule has 0 fully saturated rings. The zero-order chi connectivity index (χ0) is 16.4. The van der Waals surface area contributed by atoms with Crippen molar-refractivity contribution >= 4 is 32.6 Å². The monoisotopic (exact) mass is 349 g/mol. The Balaban J connectivity index is 1.76. The summed E-state index contributed by atoms with van der Waals surface area (Å²) in [5, 5.41) is 1.21. The number of hydrogen-bond donors (Lipinski definition) is 1. The van der Waals surface area contributed by atoms with Crippen molar-refractivity contribution in [1.82, 2.24) is 4.72 Å². The molecule has 0 aliphatic heterocycles. The van der Waals surface area contributed by atoms with Gasteiger partial charge in [-0.05, 0) is 31.2 Å². The van der Waals surface area contributed by atoms with E-state index in [0.717, 1.165) is 16.7 Å². The van der Waals surface area contributed by atoms with E-state index in [2.05, 4.69) is 4.72 Å². The average Bonchev–Trinajstić information content (AvgIpc) is 2.88. The molecule has 1 atom stereocenters. The molecule has 0 spiro atoms. The van der Waals surface area contributed by atoms with Gasteiger partial charge in [0.05, 0.1) is 5.02 Å². The molecule has 4 nitrogen and oxygen atoms in total. The van der Waals surface area contributed by atoms with E-state index in [1.165, 1.54) is 6.07 Å². The number of sulfonamides is 1. The maximum atomic E-state index is 12.4. The van der Waals surface area contributed by atoms with Gasteiger partial charge in [-0.1, -0.05) is 41.9 Å². The van der Waals surface area contributed by atoms with Crippen molar-refractivity contribution < 1.29 is 12.8 Å². The van der Waals surface area contributed by atoms with Crippen LogP contribution >= 0.6 is 11.6 Å². The van der Waals surface area contributed by atoms with Gasteiger partial charge in [0.1, 0.15) is 16.2 Å². The van der Waals surface area contributed by atoms with E-state index in [4.69, 9.17) is 16.0 Å². The molecule has 1 heterocycles. The van der Waals surface area contributed by atoms with Crippen molar-refractivity contribution in [1.29, 1.82) is 0 Å². The minimum absolute atomic E-state index is 0.0816. The van der Waals surface area contributed by atoms with Crippen LogP contribution in [0.2, 0.25) is 5.02 Å². The summed E-state index contributed by atoms with van der Waals surface area (Å²) in [7, 11) is -3.66. The van der Waals surface area contributed by atoms with Gasteiger partial charge in [0, 0.05) is 17.8 Å². The molecule has 0 saturated heterocycles. The van der Waals surface area contributed by atoms with Gasteiger partial charge >= 0.3 is 0 Å². The number of furan rings is 1. The van der Waals surface area contributed by atoms with Crippen molar-refractivity contribution in [3.8, 4) is 0 Å². The van der Waals surface area contributed by atoms with Crippen LogP contribution in [-0.4, -0.2) is 14.5 Å². The summed E-state index contributed by atoms with van der Waals surface area (Å²) in [6.45, 7) is 1.79. The fraction of sp³-hybridized carbons (Fsp3) is 0.176. The molecule has 1 aromatic heterocycles. The van der Waals surface area contributed by atoms with Crippen molar-refractivity contribution in [2.24, 2.45) is 0 Å². The molecular formula is C17H16ClNO3S. The van der Waals surface area contributed by atoms with E-state index in [9.17, 15) is 8.42 Å². The topological polar surface area (TPSA) is 59.3 Å². The van der Waals surface area contributed by atoms with Gasteiger partial charge in [0.15, 0.2) is 0 Å². The molecule has 120 valence electrons. The number of rotatable bonds is 5. The maximum absolute atomic E-state index is 12.4. The van der Waals surface area contributed by atoms with Gasteiger partial charge in [-0.25, -0.2) is 13.1 Å². The van der Waals surface area contributed by atoms with Crippen molar-refractivity contribution in [2.45, 2.75) is 24.3 Å². The van der Waals surface area contributed by atoms with Crippen LogP contribution in [0.4, 0.5) is 0 Å². The summed E-state index contributed by atoms with van der Waals surface area (Å²) in [5.41, 5.74) is 0.795. The van der Waals surface area contributed by atoms with E-state index < -0.39 is 10.0 Å². The Hall–Kier alpha value is -1.82. The van der Waals surface area contributed by atoms with Gasteiger partial charge in [-0.15, -0.1) is 0 Å². The fourth-order valence-corrected chi connectivity index (χ4v) is 4.23. The highest BCUT2D eigenvalue weighted by molar-refractivity contribution is 7.89. The standard InChI is InChI=1S/C17H16ClNO3S/c1-12(10-14-11-13-6-2-4-8-16(13)22-14)19-23(20,21)17-9-5-3-7-15(17)18/h2-9,11-12,19H,10H2,1H3/t12-/m0/s1. The van der Waals surface area contributed by atoms with Crippen molar-refractivity contribution in [2.75, 3.05) is 0 Å². The lowest BCUT2D eigenvalue weighted by Crippen LogP contribution is -2.34. The summed E-state index contributed by atoms with van der Waals surface area (Å²) in [6.07, 6.45) is 0.457. The van der Waals surface area contributed by atoms with Crippen LogP contribution in [0.15, 0.2) is 63.9 Å². The van der Waals surface area contributed by atoms with Crippen LogP contribution in [0.3, 0.4) is 0 Å². The minimum atomic E-state index is -3.66. The zero-order valence-corrected chi connectivity index (χ0v) is 14.1. The second-order valence-corrected chi connectivity index (χ2v) is 7.50. The first-order valence-electron chi connectivity index (χ1n) is 7.20. The Morgan fingerprint density at radius 1 is 1.13 bits per heavy atom. The van der Waals surface area contributed by atoms with E-state index in [1.807, 2.05) is 30.3 Å². The first-order chi connectivity index (χ1) is 11.0. The molecule has 0 bridgehead atoms. The first-order valence-corrected chi connectivity index (χ1v) is 9.06. The third kappa shape index (κ3) is 3.58. The molecule has 0 amide bonds. The third-order valence-electron chi connectivity index (χ3n) is 3.47. The lowest BCUT2D eigenvalue weighted by Gasteiger charge is -2.13. The van der Waals surface area contributed by atoms with E-state index in [-0.39, 0.29) is 16.0 Å². The molecule has 3 rings (SSSR count). The van der Waals surface area contributed by atoms with Crippen molar-refractivity contribution in [3.63, 3.8) is 0 Å². The number of nitrogens with one attached hydrogen (secondary N) is 1. The highest BCUT2D eigenvalue weighted by Crippen LogP contribution is 2.22. The summed E-state index contributed by atoms with van der Waals surface area (Å²) in [6, 6.07) is 15.7. The second-order valence-electron chi connectivity index (χ2n) is 5.41. The number of para-hydroxylation sites is 1. The molecule has 3 aromatic rings. The average molecular weight is 350 g/mol. The molecule has 0 saturated carbocycles. The minimum Gasteiger partial charge on any atom is -0.461 e. The Bertz CT molecular complexity index is 901. The summed E-state index contributed by atoms with van der Waals surface area (Å²) >= 11 is 5.97. The number of fused-ring (bicyclic) bond motifs is 1. The van der Waals surface area contributed by atoms with Crippen molar-refractivity contribution in [3.05, 3.63) is 65.4 Å². The third-order valence-corrected chi connectivity index (χ3v) is 5.56. The van der Waals surface area contributed by atoms with Gasteiger partial charge in [-0.2, -0.15) is 0 Å². The molecule has 0 aliphatic rings. The highest BCUT2D eigenvalue weighted by atomic mass is 35.5. The Morgan fingerprint density at radius 2 is 1.83 bits per heavy atom. The van der Waals surface area contributed by atoms with Crippen LogP contribution in [-0.2, 0) is 16.4 Å². The van der Waals surface area contributed by atoms with E-state index in [1.54, 1.807) is 25.1 Å². The van der Waals surface area contributed by atoms with Crippen LogP contribution < -0.4 is 4.72 Å². The van der Waals surface area contributed by atoms with Gasteiger partial charge < -0.3 is 4.42 Å². The van der Waals surface area contributed by atoms with Crippen LogP contribution in [0.1, 0.15) is 12.7 Å². The van der Waals surface area contributed by atoms with E-state index >= 15 is 0 Å². The number of benzene rings is 2. The van der Waals surface area contributed by atoms with E-state index in [0.29, 0.717) is 6.42 Å². The Morgan fingerprint density at radius 3 is 2.57 bits per heavy atom. The van der Waals surface area contributed by atoms with Gasteiger partial charge in [0.2, 0.25) is 10.0 Å². The number of hydrogen-bond acceptors (Lipinski definition) is 3. The summed E-state index contributed by atoms with van der Waals surface area (Å²) in [4.78, 5) is 0.0816. The summed E-state index contributed by atoms with van der Waals surface area (Å²) in [5.74, 6) is 0.737. The van der Waals surface area contributed by atoms with Gasteiger partial charge in [0.25, 0.3) is 0 Å². The molecule has 6 heteroatoms. The van der Waals surface area contributed by atoms with Crippen LogP contribution in [0.25, 0.3) is 11.0 Å².